The Bertz CT molecular complexity index is 1380. The number of sulfonamides is 1. The number of nitrogens with zero attached hydrogens (tertiary/aromatic N) is 1. The van der Waals surface area contributed by atoms with Crippen LogP contribution in [0.1, 0.15) is 77.2 Å². The summed E-state index contributed by atoms with van der Waals surface area (Å²) in [4.78, 5) is 11.5. The van der Waals surface area contributed by atoms with E-state index in [4.69, 9.17) is 4.74 Å². The van der Waals surface area contributed by atoms with E-state index in [1.807, 2.05) is 57.2 Å². The van der Waals surface area contributed by atoms with Gasteiger partial charge in [-0.1, -0.05) is 62.9 Å². The average Bonchev–Trinajstić information content (AvgIpc) is 2.91. The van der Waals surface area contributed by atoms with Crippen molar-refractivity contribution in [3.63, 3.8) is 0 Å². The molecule has 0 aliphatic rings. The molecule has 0 aliphatic carbocycles. The monoisotopic (exact) mass is 551 g/mol. The summed E-state index contributed by atoms with van der Waals surface area (Å²) in [5.41, 5.74) is 5.09. The molecule has 7 heteroatoms. The zero-order chi connectivity index (χ0) is 28.6. The first-order chi connectivity index (χ1) is 18.6. The van der Waals surface area contributed by atoms with Gasteiger partial charge in [-0.15, -0.1) is 0 Å². The van der Waals surface area contributed by atoms with Crippen LogP contribution in [0.2, 0.25) is 0 Å². The van der Waals surface area contributed by atoms with E-state index in [-0.39, 0.29) is 5.56 Å². The molecule has 3 aromatic rings. The maximum absolute atomic E-state index is 14.4. The van der Waals surface area contributed by atoms with Crippen LogP contribution in [0, 0.1) is 20.8 Å². The molecule has 6 nitrogen and oxygen atoms in total. The summed E-state index contributed by atoms with van der Waals surface area (Å²) in [5.74, 6) is -0.268. The van der Waals surface area contributed by atoms with Gasteiger partial charge in [-0.2, -0.15) is 0 Å². The lowest BCUT2D eigenvalue weighted by Gasteiger charge is -2.29. The molecular weight excluding hydrogens is 510 g/mol. The van der Waals surface area contributed by atoms with Gasteiger partial charge in [0.15, 0.2) is 0 Å². The number of carboxylic acids is 1. The average molecular weight is 552 g/mol. The van der Waals surface area contributed by atoms with Crippen LogP contribution < -0.4 is 9.04 Å². The lowest BCUT2D eigenvalue weighted by atomic mass is 10.0. The number of rotatable bonds is 14. The number of para-hydroxylation sites is 1. The van der Waals surface area contributed by atoms with Crippen molar-refractivity contribution in [2.75, 3.05) is 18.0 Å². The van der Waals surface area contributed by atoms with Crippen molar-refractivity contribution in [3.8, 4) is 5.75 Å². The highest BCUT2D eigenvalue weighted by molar-refractivity contribution is 7.93. The highest BCUT2D eigenvalue weighted by atomic mass is 32.2. The van der Waals surface area contributed by atoms with Gasteiger partial charge < -0.3 is 9.84 Å². The van der Waals surface area contributed by atoms with Crippen LogP contribution in [0.3, 0.4) is 0 Å². The predicted molar refractivity (Wildman–Crippen MR) is 158 cm³/mol. The number of anilines is 1. The van der Waals surface area contributed by atoms with Crippen molar-refractivity contribution >= 4 is 21.7 Å². The second-order valence-electron chi connectivity index (χ2n) is 10.1. The van der Waals surface area contributed by atoms with E-state index in [9.17, 15) is 18.3 Å². The number of carbonyl (C=O) groups is 1. The van der Waals surface area contributed by atoms with Crippen LogP contribution in [-0.4, -0.2) is 33.1 Å². The van der Waals surface area contributed by atoms with Crippen molar-refractivity contribution in [1.82, 2.24) is 0 Å². The molecule has 0 bridgehead atoms. The van der Waals surface area contributed by atoms with Crippen LogP contribution in [0.4, 0.5) is 5.69 Å². The fourth-order valence-corrected chi connectivity index (χ4v) is 7.06. The molecule has 3 aromatic carbocycles. The van der Waals surface area contributed by atoms with E-state index >= 15 is 0 Å². The third-order valence-electron chi connectivity index (χ3n) is 7.36. The molecule has 0 fully saturated rings. The topological polar surface area (TPSA) is 83.9 Å². The largest absolute Gasteiger partial charge is 0.496 e. The van der Waals surface area contributed by atoms with Crippen molar-refractivity contribution in [1.29, 1.82) is 0 Å². The number of ether oxygens (including phenoxy) is 1. The molecule has 0 atom stereocenters. The molecule has 0 saturated heterocycles. The van der Waals surface area contributed by atoms with Gasteiger partial charge in [0, 0.05) is 6.54 Å². The summed E-state index contributed by atoms with van der Waals surface area (Å²) in [5, 5.41) is 9.19. The number of methoxy groups -OCH3 is 1. The fraction of sp³-hybridized carbons (Fsp3) is 0.406. The minimum atomic E-state index is -3.86. The van der Waals surface area contributed by atoms with E-state index in [1.54, 1.807) is 29.6 Å². The highest BCUT2D eigenvalue weighted by Crippen LogP contribution is 2.35. The van der Waals surface area contributed by atoms with Crippen molar-refractivity contribution in [2.24, 2.45) is 0 Å². The van der Waals surface area contributed by atoms with Crippen LogP contribution >= 0.6 is 0 Å². The standard InChI is InChI=1S/C32H41NO5S/c1-6-7-8-9-12-21-33(39(36,37)31-23(2)22-30(38-5)24(3)25(31)4)29-14-11-10-13-27(29)18-15-26-16-19-28(20-17-26)32(34)35/h10-11,13-14,16-17,19-20,22H,6-9,12,15,18,21H2,1-5H3,(H,34,35). The molecule has 0 amide bonds. The number of unbranched alkanes of at least 4 members (excludes halogenated alkanes) is 4. The molecule has 0 unspecified atom stereocenters. The minimum absolute atomic E-state index is 0.250. The Kier molecular flexibility index (Phi) is 10.6. The Balaban J connectivity index is 2.00. The normalized spacial score (nSPS) is 11.4. The molecule has 0 aliphatic heterocycles. The third kappa shape index (κ3) is 7.21. The van der Waals surface area contributed by atoms with Gasteiger partial charge >= 0.3 is 5.97 Å². The second kappa shape index (κ2) is 13.7. The Morgan fingerprint density at radius 1 is 0.897 bits per heavy atom. The molecule has 3 rings (SSSR count). The quantitative estimate of drug-likeness (QED) is 0.213. The molecular formula is C32H41NO5S. The zero-order valence-corrected chi connectivity index (χ0v) is 24.6. The molecule has 39 heavy (non-hydrogen) atoms. The van der Waals surface area contributed by atoms with Gasteiger partial charge in [-0.05, 0) is 92.1 Å². The van der Waals surface area contributed by atoms with E-state index < -0.39 is 16.0 Å². The lowest BCUT2D eigenvalue weighted by molar-refractivity contribution is 0.0697. The molecule has 0 saturated carbocycles. The smallest absolute Gasteiger partial charge is 0.335 e. The summed E-state index contributed by atoms with van der Waals surface area (Å²) < 4.78 is 35.9. The van der Waals surface area contributed by atoms with Gasteiger partial charge in [-0.3, -0.25) is 4.31 Å². The fourth-order valence-electron chi connectivity index (χ4n) is 5.03. The van der Waals surface area contributed by atoms with Gasteiger partial charge in [0.25, 0.3) is 10.0 Å². The van der Waals surface area contributed by atoms with E-state index in [2.05, 4.69) is 6.92 Å². The molecule has 0 radical (unpaired) electrons. The maximum atomic E-state index is 14.4. The first-order valence-electron chi connectivity index (χ1n) is 13.7. The summed E-state index contributed by atoms with van der Waals surface area (Å²) in [7, 11) is -2.26. The molecule has 0 spiro atoms. The molecule has 210 valence electrons. The van der Waals surface area contributed by atoms with Gasteiger partial charge in [0.05, 0.1) is 23.3 Å². The summed E-state index contributed by atoms with van der Waals surface area (Å²) in [6.07, 6.45) is 6.39. The number of aryl methyl sites for hydroxylation is 3. The number of hydrogen-bond donors (Lipinski definition) is 1. The van der Waals surface area contributed by atoms with Crippen LogP contribution in [-0.2, 0) is 22.9 Å². The SMILES string of the molecule is CCCCCCCN(c1ccccc1CCc1ccc(C(=O)O)cc1)S(=O)(=O)c1c(C)cc(OC)c(C)c1C. The number of hydrogen-bond acceptors (Lipinski definition) is 4. The molecule has 1 N–H and O–H groups in total. The Morgan fingerprint density at radius 2 is 1.56 bits per heavy atom. The van der Waals surface area contributed by atoms with Gasteiger partial charge in [0.2, 0.25) is 0 Å². The second-order valence-corrected chi connectivity index (χ2v) is 11.9. The summed E-state index contributed by atoms with van der Waals surface area (Å²) in [6.45, 7) is 8.14. The van der Waals surface area contributed by atoms with Gasteiger partial charge in [0.1, 0.15) is 5.75 Å². The first-order valence-corrected chi connectivity index (χ1v) is 15.1. The lowest BCUT2D eigenvalue weighted by Crippen LogP contribution is -2.34. The minimum Gasteiger partial charge on any atom is -0.496 e. The van der Waals surface area contributed by atoms with E-state index in [1.165, 1.54) is 0 Å². The van der Waals surface area contributed by atoms with Gasteiger partial charge in [-0.25, -0.2) is 13.2 Å². The van der Waals surface area contributed by atoms with Crippen LogP contribution in [0.15, 0.2) is 59.5 Å². The van der Waals surface area contributed by atoms with Crippen molar-refractivity contribution < 1.29 is 23.1 Å². The Morgan fingerprint density at radius 3 is 2.21 bits per heavy atom. The van der Waals surface area contributed by atoms with Crippen LogP contribution in [0.25, 0.3) is 0 Å². The Hall–Kier alpha value is -3.32. The summed E-state index contributed by atoms with van der Waals surface area (Å²) >= 11 is 0. The number of aromatic carboxylic acids is 1. The molecule has 0 aromatic heterocycles. The number of benzene rings is 3. The molecule has 0 heterocycles. The predicted octanol–water partition coefficient (Wildman–Crippen LogP) is 7.27. The zero-order valence-electron chi connectivity index (χ0n) is 23.8. The number of carboxylic acid groups (broad SMARTS) is 1. The third-order valence-corrected chi connectivity index (χ3v) is 9.46. The Labute approximate surface area is 233 Å². The van der Waals surface area contributed by atoms with E-state index in [0.717, 1.165) is 48.8 Å². The first kappa shape index (κ1) is 30.2. The maximum Gasteiger partial charge on any atom is 0.335 e. The van der Waals surface area contributed by atoms with Crippen molar-refractivity contribution in [3.05, 3.63) is 88.0 Å². The summed E-state index contributed by atoms with van der Waals surface area (Å²) in [6, 6.07) is 16.4. The van der Waals surface area contributed by atoms with Crippen LogP contribution in [0.5, 0.6) is 5.75 Å². The van der Waals surface area contributed by atoms with Crippen molar-refractivity contribution in [2.45, 2.75) is 77.5 Å². The van der Waals surface area contributed by atoms with E-state index in [0.29, 0.717) is 46.8 Å². The highest BCUT2D eigenvalue weighted by Gasteiger charge is 2.30.